The summed E-state index contributed by atoms with van der Waals surface area (Å²) >= 11 is 5.66. The van der Waals surface area contributed by atoms with Gasteiger partial charge in [-0.3, -0.25) is 4.79 Å². The summed E-state index contributed by atoms with van der Waals surface area (Å²) in [5.74, 6) is -0.786. The summed E-state index contributed by atoms with van der Waals surface area (Å²) in [7, 11) is -3.10. The molecular weight excluding hydrogens is 317 g/mol. The largest absolute Gasteiger partial charge is 0.352 e. The fraction of sp³-hybridized carbons (Fsp3) is 0.500. The molecule has 0 unspecified atom stereocenters. The predicted molar refractivity (Wildman–Crippen MR) is 79.3 cm³/mol. The number of halogens is 2. The van der Waals surface area contributed by atoms with Gasteiger partial charge in [0.25, 0.3) is 0 Å². The van der Waals surface area contributed by atoms with Crippen molar-refractivity contribution < 1.29 is 17.6 Å². The second-order valence-corrected chi connectivity index (χ2v) is 8.28. The van der Waals surface area contributed by atoms with Crippen LogP contribution >= 0.6 is 11.6 Å². The summed E-state index contributed by atoms with van der Waals surface area (Å²) in [6, 6.07) is 4.59. The number of hydrogen-bond donors (Lipinski definition) is 1. The van der Waals surface area contributed by atoms with E-state index in [2.05, 4.69) is 5.32 Å². The molecular formula is C14H17ClFNO3S. The average Bonchev–Trinajstić information content (AvgIpc) is 3.08. The highest BCUT2D eigenvalue weighted by atomic mass is 35.5. The number of rotatable bonds is 6. The van der Waals surface area contributed by atoms with Crippen LogP contribution in [-0.2, 0) is 21.2 Å². The molecule has 4 nitrogen and oxygen atoms in total. The van der Waals surface area contributed by atoms with Gasteiger partial charge in [-0.25, -0.2) is 12.8 Å². The van der Waals surface area contributed by atoms with Crippen LogP contribution in [0.1, 0.15) is 24.8 Å². The number of carbonyl (C=O) groups is 1. The Bertz CT molecular complexity index is 656. The molecule has 7 heteroatoms. The first-order chi connectivity index (χ1) is 9.71. The molecule has 0 aliphatic heterocycles. The quantitative estimate of drug-likeness (QED) is 0.869. The Kier molecular flexibility index (Phi) is 4.58. The van der Waals surface area contributed by atoms with Crippen molar-refractivity contribution in [3.63, 3.8) is 0 Å². The zero-order chi connectivity index (χ0) is 15.7. The molecule has 21 heavy (non-hydrogen) atoms. The van der Waals surface area contributed by atoms with Gasteiger partial charge in [0.2, 0.25) is 5.91 Å². The molecule has 1 N–H and O–H groups in total. The van der Waals surface area contributed by atoms with Gasteiger partial charge in [0, 0.05) is 24.8 Å². The fourth-order valence-corrected chi connectivity index (χ4v) is 4.08. The van der Waals surface area contributed by atoms with Gasteiger partial charge in [-0.05, 0) is 24.3 Å². The molecule has 0 bridgehead atoms. The van der Waals surface area contributed by atoms with E-state index in [4.69, 9.17) is 11.6 Å². The lowest BCUT2D eigenvalue weighted by Crippen LogP contribution is -2.28. The molecule has 0 radical (unpaired) electrons. The second-order valence-electron chi connectivity index (χ2n) is 5.74. The van der Waals surface area contributed by atoms with Crippen LogP contribution in [0.3, 0.4) is 0 Å². The number of carbonyl (C=O) groups excluding carboxylic acids is 1. The summed E-state index contributed by atoms with van der Waals surface area (Å²) in [5.41, 5.74) is -0.117. The molecule has 0 aromatic heterocycles. The van der Waals surface area contributed by atoms with Gasteiger partial charge in [-0.2, -0.15) is 0 Å². The van der Waals surface area contributed by atoms with Crippen molar-refractivity contribution in [2.75, 3.05) is 12.0 Å². The van der Waals surface area contributed by atoms with Crippen LogP contribution in [0, 0.1) is 11.2 Å². The van der Waals surface area contributed by atoms with E-state index in [0.29, 0.717) is 5.56 Å². The van der Waals surface area contributed by atoms with E-state index >= 15 is 0 Å². The number of hydrogen-bond acceptors (Lipinski definition) is 3. The van der Waals surface area contributed by atoms with E-state index in [1.807, 2.05) is 0 Å². The molecule has 0 heterocycles. The Balaban J connectivity index is 1.90. The highest BCUT2D eigenvalue weighted by Gasteiger charge is 2.46. The topological polar surface area (TPSA) is 63.2 Å². The second kappa shape index (κ2) is 5.93. The Morgan fingerprint density at radius 2 is 2.10 bits per heavy atom. The molecule has 2 rings (SSSR count). The smallest absolute Gasteiger partial charge is 0.220 e. The predicted octanol–water partition coefficient (Wildman–Crippen LogP) is 2.31. The van der Waals surface area contributed by atoms with Crippen LogP contribution in [0.25, 0.3) is 0 Å². The maximum Gasteiger partial charge on any atom is 0.220 e. The van der Waals surface area contributed by atoms with Crippen LogP contribution in [0.4, 0.5) is 4.39 Å². The van der Waals surface area contributed by atoms with E-state index in [0.717, 1.165) is 12.8 Å². The first kappa shape index (κ1) is 16.2. The van der Waals surface area contributed by atoms with Crippen LogP contribution in [-0.4, -0.2) is 26.3 Å². The molecule has 1 aromatic carbocycles. The lowest BCUT2D eigenvalue weighted by Gasteiger charge is -2.14. The van der Waals surface area contributed by atoms with Crippen molar-refractivity contribution in [1.29, 1.82) is 0 Å². The lowest BCUT2D eigenvalue weighted by molar-refractivity contribution is -0.122. The van der Waals surface area contributed by atoms with Crippen molar-refractivity contribution in [2.24, 2.45) is 5.41 Å². The minimum Gasteiger partial charge on any atom is -0.352 e. The van der Waals surface area contributed by atoms with Crippen molar-refractivity contribution >= 4 is 27.3 Å². The first-order valence-corrected chi connectivity index (χ1v) is 9.02. The van der Waals surface area contributed by atoms with Crippen LogP contribution < -0.4 is 5.32 Å². The van der Waals surface area contributed by atoms with Gasteiger partial charge < -0.3 is 5.32 Å². The highest BCUT2D eigenvalue weighted by Crippen LogP contribution is 2.49. The van der Waals surface area contributed by atoms with Gasteiger partial charge in [-0.15, -0.1) is 0 Å². The van der Waals surface area contributed by atoms with Crippen LogP contribution in [0.15, 0.2) is 18.2 Å². The first-order valence-electron chi connectivity index (χ1n) is 6.58. The average molecular weight is 334 g/mol. The number of benzene rings is 1. The SMILES string of the molecule is CS(=O)(=O)CC1(CC(=O)NCc2cccc(Cl)c2F)CC1. The molecule has 0 spiro atoms. The molecule has 1 fully saturated rings. The van der Waals surface area contributed by atoms with Gasteiger partial charge in [0.1, 0.15) is 15.7 Å². The molecule has 1 saturated carbocycles. The Morgan fingerprint density at radius 3 is 2.67 bits per heavy atom. The summed E-state index contributed by atoms with van der Waals surface area (Å²) < 4.78 is 36.3. The van der Waals surface area contributed by atoms with Crippen molar-refractivity contribution in [2.45, 2.75) is 25.8 Å². The highest BCUT2D eigenvalue weighted by molar-refractivity contribution is 7.90. The van der Waals surface area contributed by atoms with Gasteiger partial charge >= 0.3 is 0 Å². The maximum atomic E-state index is 13.7. The number of nitrogens with one attached hydrogen (secondary N) is 1. The third-order valence-electron chi connectivity index (χ3n) is 3.57. The fourth-order valence-electron chi connectivity index (χ4n) is 2.39. The van der Waals surface area contributed by atoms with E-state index in [1.165, 1.54) is 12.3 Å². The third-order valence-corrected chi connectivity index (χ3v) is 5.00. The van der Waals surface area contributed by atoms with Crippen molar-refractivity contribution in [1.82, 2.24) is 5.32 Å². The van der Waals surface area contributed by atoms with Crippen molar-refractivity contribution in [3.05, 3.63) is 34.6 Å². The molecule has 0 saturated heterocycles. The molecule has 1 aromatic rings. The van der Waals surface area contributed by atoms with E-state index in [1.54, 1.807) is 12.1 Å². The maximum absolute atomic E-state index is 13.7. The van der Waals surface area contributed by atoms with Gasteiger partial charge in [-0.1, -0.05) is 23.7 Å². The van der Waals surface area contributed by atoms with Gasteiger partial charge in [0.05, 0.1) is 10.8 Å². The van der Waals surface area contributed by atoms with Crippen LogP contribution in [0.2, 0.25) is 5.02 Å². The summed E-state index contributed by atoms with van der Waals surface area (Å²) in [4.78, 5) is 11.9. The molecule has 0 atom stereocenters. The third kappa shape index (κ3) is 4.68. The zero-order valence-electron chi connectivity index (χ0n) is 11.7. The Morgan fingerprint density at radius 1 is 1.43 bits per heavy atom. The van der Waals surface area contributed by atoms with Gasteiger partial charge in [0.15, 0.2) is 0 Å². The monoisotopic (exact) mass is 333 g/mol. The minimum absolute atomic E-state index is 0.0116. The summed E-state index contributed by atoms with van der Waals surface area (Å²) in [6.45, 7) is 0.0418. The van der Waals surface area contributed by atoms with E-state index in [-0.39, 0.29) is 29.6 Å². The zero-order valence-corrected chi connectivity index (χ0v) is 13.2. The standard InChI is InChI=1S/C14H17ClFNO3S/c1-21(19,20)9-14(5-6-14)7-12(18)17-8-10-3-2-4-11(15)13(10)16/h2-4H,5-9H2,1H3,(H,17,18). The van der Waals surface area contributed by atoms with E-state index < -0.39 is 21.1 Å². The molecule has 1 aliphatic rings. The van der Waals surface area contributed by atoms with Crippen molar-refractivity contribution in [3.8, 4) is 0 Å². The molecule has 1 aliphatic carbocycles. The van der Waals surface area contributed by atoms with Crippen LogP contribution in [0.5, 0.6) is 0 Å². The Labute approximate surface area is 128 Å². The van der Waals surface area contributed by atoms with E-state index in [9.17, 15) is 17.6 Å². The molecule has 1 amide bonds. The number of sulfone groups is 1. The minimum atomic E-state index is -3.10. The lowest BCUT2D eigenvalue weighted by atomic mass is 10.1. The normalized spacial score (nSPS) is 16.5. The summed E-state index contributed by atoms with van der Waals surface area (Å²) in [5, 5.41) is 2.63. The summed E-state index contributed by atoms with van der Waals surface area (Å²) in [6.07, 6.45) is 2.80. The number of amides is 1. The Hall–Kier alpha value is -1.14. The molecule has 116 valence electrons.